The highest BCUT2D eigenvalue weighted by Gasteiger charge is 2.10. The number of halogens is 1. The number of aromatic nitrogens is 2. The number of methoxy groups -OCH3 is 1. The Hall–Kier alpha value is -2.14. The first kappa shape index (κ1) is 14.3. The zero-order chi connectivity index (χ0) is 14.7. The molecule has 0 bridgehead atoms. The Balaban J connectivity index is 2.21. The second-order valence-corrected chi connectivity index (χ2v) is 4.65. The normalized spacial score (nSPS) is 10.2. The van der Waals surface area contributed by atoms with Crippen LogP contribution < -0.4 is 10.1 Å². The zero-order valence-electron chi connectivity index (χ0n) is 11.4. The summed E-state index contributed by atoms with van der Waals surface area (Å²) in [5, 5.41) is 3.17. The fraction of sp³-hybridized carbons (Fsp3) is 0.214. The van der Waals surface area contributed by atoms with Crippen molar-refractivity contribution in [1.29, 1.82) is 0 Å². The molecule has 0 aliphatic heterocycles. The monoisotopic (exact) mass is 291 g/mol. The molecule has 0 fully saturated rings. The molecule has 2 aromatic rings. The second-order valence-electron chi connectivity index (χ2n) is 4.25. The molecular weight excluding hydrogens is 278 g/mol. The third kappa shape index (κ3) is 3.24. The van der Waals surface area contributed by atoms with E-state index in [-0.39, 0.29) is 5.91 Å². The van der Waals surface area contributed by atoms with Gasteiger partial charge >= 0.3 is 0 Å². The van der Waals surface area contributed by atoms with Crippen molar-refractivity contribution in [1.82, 2.24) is 9.97 Å². The summed E-state index contributed by atoms with van der Waals surface area (Å²) in [6.45, 7) is 3.56. The van der Waals surface area contributed by atoms with Crippen LogP contribution in [-0.4, -0.2) is 23.0 Å². The summed E-state index contributed by atoms with van der Waals surface area (Å²) in [6.07, 6.45) is 0. The van der Waals surface area contributed by atoms with Gasteiger partial charge in [-0.15, -0.1) is 0 Å². The van der Waals surface area contributed by atoms with Crippen LogP contribution in [0.1, 0.15) is 22.0 Å². The number of hydrogen-bond acceptors (Lipinski definition) is 4. The number of hydrogen-bond donors (Lipinski definition) is 1. The first-order valence-corrected chi connectivity index (χ1v) is 6.34. The molecule has 0 atom stereocenters. The van der Waals surface area contributed by atoms with Crippen LogP contribution in [0.3, 0.4) is 0 Å². The van der Waals surface area contributed by atoms with Gasteiger partial charge in [0.2, 0.25) is 0 Å². The van der Waals surface area contributed by atoms with Gasteiger partial charge < -0.3 is 10.1 Å². The number of carbonyl (C=O) groups is 1. The summed E-state index contributed by atoms with van der Waals surface area (Å²) >= 11 is 6.01. The predicted molar refractivity (Wildman–Crippen MR) is 77.5 cm³/mol. The van der Waals surface area contributed by atoms with Crippen molar-refractivity contribution < 1.29 is 9.53 Å². The number of anilines is 1. The number of aryl methyl sites for hydroxylation is 2. The van der Waals surface area contributed by atoms with E-state index in [0.717, 1.165) is 5.69 Å². The molecule has 0 saturated heterocycles. The average molecular weight is 292 g/mol. The van der Waals surface area contributed by atoms with E-state index in [1.165, 1.54) is 7.11 Å². The lowest BCUT2D eigenvalue weighted by Gasteiger charge is -2.08. The SMILES string of the molecule is COc1ccc(NC(=O)c2cc(C)nc(C)n2)cc1Cl. The second kappa shape index (κ2) is 5.88. The minimum atomic E-state index is -0.306. The standard InChI is InChI=1S/C14H14ClN3O2/c1-8-6-12(17-9(2)16-8)14(19)18-10-4-5-13(20-3)11(15)7-10/h4-7H,1-3H3,(H,18,19). The molecule has 20 heavy (non-hydrogen) atoms. The van der Waals surface area contributed by atoms with E-state index in [9.17, 15) is 4.79 Å². The van der Waals surface area contributed by atoms with E-state index >= 15 is 0 Å². The number of nitrogens with one attached hydrogen (secondary N) is 1. The number of rotatable bonds is 3. The highest BCUT2D eigenvalue weighted by Crippen LogP contribution is 2.27. The molecule has 6 heteroatoms. The lowest BCUT2D eigenvalue weighted by molar-refractivity contribution is 0.102. The summed E-state index contributed by atoms with van der Waals surface area (Å²) in [5.41, 5.74) is 1.65. The van der Waals surface area contributed by atoms with Crippen LogP contribution >= 0.6 is 11.6 Å². The zero-order valence-corrected chi connectivity index (χ0v) is 12.2. The van der Waals surface area contributed by atoms with Gasteiger partial charge in [0, 0.05) is 11.4 Å². The first-order chi connectivity index (χ1) is 9.49. The van der Waals surface area contributed by atoms with Gasteiger partial charge in [-0.05, 0) is 38.1 Å². The van der Waals surface area contributed by atoms with Crippen LogP contribution in [0.5, 0.6) is 5.75 Å². The Morgan fingerprint density at radius 2 is 2.00 bits per heavy atom. The van der Waals surface area contributed by atoms with Gasteiger partial charge in [0.1, 0.15) is 17.3 Å². The number of amides is 1. The fourth-order valence-corrected chi connectivity index (χ4v) is 2.03. The number of carbonyl (C=O) groups excluding carboxylic acids is 1. The van der Waals surface area contributed by atoms with E-state index in [1.54, 1.807) is 31.2 Å². The third-order valence-electron chi connectivity index (χ3n) is 2.61. The van der Waals surface area contributed by atoms with E-state index in [1.807, 2.05) is 6.92 Å². The molecule has 104 valence electrons. The Morgan fingerprint density at radius 1 is 1.25 bits per heavy atom. The van der Waals surface area contributed by atoms with Crippen molar-refractivity contribution in [2.75, 3.05) is 12.4 Å². The quantitative estimate of drug-likeness (QED) is 0.944. The van der Waals surface area contributed by atoms with Crippen LogP contribution in [0.4, 0.5) is 5.69 Å². The number of benzene rings is 1. The summed E-state index contributed by atoms with van der Waals surface area (Å²) in [6, 6.07) is 6.66. The van der Waals surface area contributed by atoms with Gasteiger partial charge in [0.25, 0.3) is 5.91 Å². The van der Waals surface area contributed by atoms with E-state index in [2.05, 4.69) is 15.3 Å². The van der Waals surface area contributed by atoms with Crippen LogP contribution in [0.15, 0.2) is 24.3 Å². The summed E-state index contributed by atoms with van der Waals surface area (Å²) in [7, 11) is 1.53. The van der Waals surface area contributed by atoms with Gasteiger partial charge in [0.05, 0.1) is 12.1 Å². The van der Waals surface area contributed by atoms with Crippen molar-refractivity contribution in [2.45, 2.75) is 13.8 Å². The van der Waals surface area contributed by atoms with Crippen LogP contribution in [0.25, 0.3) is 0 Å². The van der Waals surface area contributed by atoms with E-state index < -0.39 is 0 Å². The van der Waals surface area contributed by atoms with Crippen LogP contribution in [0, 0.1) is 13.8 Å². The summed E-state index contributed by atoms with van der Waals surface area (Å²) in [4.78, 5) is 20.3. The maximum absolute atomic E-state index is 12.1. The molecule has 0 spiro atoms. The third-order valence-corrected chi connectivity index (χ3v) is 2.90. The van der Waals surface area contributed by atoms with Gasteiger partial charge in [-0.1, -0.05) is 11.6 Å². The van der Waals surface area contributed by atoms with Crippen LogP contribution in [0.2, 0.25) is 5.02 Å². The van der Waals surface area contributed by atoms with E-state index in [4.69, 9.17) is 16.3 Å². The van der Waals surface area contributed by atoms with Crippen molar-refractivity contribution >= 4 is 23.2 Å². The highest BCUT2D eigenvalue weighted by atomic mass is 35.5. The number of ether oxygens (including phenoxy) is 1. The highest BCUT2D eigenvalue weighted by molar-refractivity contribution is 6.32. The Bertz CT molecular complexity index is 639. The molecule has 0 saturated carbocycles. The van der Waals surface area contributed by atoms with Gasteiger partial charge in [-0.3, -0.25) is 4.79 Å². The molecule has 0 unspecified atom stereocenters. The molecule has 1 heterocycles. The van der Waals surface area contributed by atoms with Gasteiger partial charge in [-0.25, -0.2) is 9.97 Å². The molecule has 1 amide bonds. The average Bonchev–Trinajstić information content (AvgIpc) is 2.37. The maximum Gasteiger partial charge on any atom is 0.274 e. The molecule has 2 rings (SSSR count). The topological polar surface area (TPSA) is 64.1 Å². The van der Waals surface area contributed by atoms with Gasteiger partial charge in [0.15, 0.2) is 0 Å². The lowest BCUT2D eigenvalue weighted by Crippen LogP contribution is -2.15. The molecule has 1 N–H and O–H groups in total. The Labute approximate surface area is 122 Å². The number of nitrogens with zero attached hydrogens (tertiary/aromatic N) is 2. The molecule has 0 aliphatic rings. The first-order valence-electron chi connectivity index (χ1n) is 5.97. The predicted octanol–water partition coefficient (Wildman–Crippen LogP) is 3.01. The molecule has 0 aliphatic carbocycles. The van der Waals surface area contributed by atoms with Crippen LogP contribution in [-0.2, 0) is 0 Å². The smallest absolute Gasteiger partial charge is 0.274 e. The van der Waals surface area contributed by atoms with Crippen molar-refractivity contribution in [3.05, 3.63) is 46.5 Å². The van der Waals surface area contributed by atoms with Crippen molar-refractivity contribution in [3.63, 3.8) is 0 Å². The fourth-order valence-electron chi connectivity index (χ4n) is 1.77. The minimum absolute atomic E-state index is 0.306. The molecule has 1 aromatic carbocycles. The summed E-state index contributed by atoms with van der Waals surface area (Å²) in [5.74, 6) is 0.807. The largest absolute Gasteiger partial charge is 0.495 e. The molecular formula is C14H14ClN3O2. The summed E-state index contributed by atoms with van der Waals surface area (Å²) < 4.78 is 5.06. The molecule has 5 nitrogen and oxygen atoms in total. The van der Waals surface area contributed by atoms with E-state index in [0.29, 0.717) is 28.0 Å². The minimum Gasteiger partial charge on any atom is -0.495 e. The Kier molecular flexibility index (Phi) is 4.20. The van der Waals surface area contributed by atoms with Crippen molar-refractivity contribution in [2.24, 2.45) is 0 Å². The van der Waals surface area contributed by atoms with Gasteiger partial charge in [-0.2, -0.15) is 0 Å². The molecule has 1 aromatic heterocycles. The molecule has 0 radical (unpaired) electrons. The Morgan fingerprint density at radius 3 is 2.60 bits per heavy atom. The van der Waals surface area contributed by atoms with Crippen molar-refractivity contribution in [3.8, 4) is 5.75 Å². The lowest BCUT2D eigenvalue weighted by atomic mass is 10.2. The maximum atomic E-state index is 12.1.